The molecule has 3 rings (SSSR count). The Morgan fingerprint density at radius 1 is 1.14 bits per heavy atom. The molecule has 0 N–H and O–H groups in total. The van der Waals surface area contributed by atoms with Crippen molar-refractivity contribution in [3.63, 3.8) is 0 Å². The third-order valence-electron chi connectivity index (χ3n) is 4.41. The SMILES string of the molecule is COCCN1CCc2ncc(CN3CCOCC3)n2CC1. The maximum Gasteiger partial charge on any atom is 0.110 e. The third-order valence-corrected chi connectivity index (χ3v) is 4.41. The molecule has 1 fully saturated rings. The van der Waals surface area contributed by atoms with Crippen LogP contribution in [0.25, 0.3) is 0 Å². The normalized spacial score (nSPS) is 21.2. The molecule has 118 valence electrons. The third kappa shape index (κ3) is 3.83. The molecule has 2 aliphatic rings. The molecular weight excluding hydrogens is 268 g/mol. The van der Waals surface area contributed by atoms with E-state index in [0.717, 1.165) is 72.1 Å². The molecule has 0 atom stereocenters. The van der Waals surface area contributed by atoms with Crippen LogP contribution >= 0.6 is 0 Å². The largest absolute Gasteiger partial charge is 0.383 e. The van der Waals surface area contributed by atoms with Crippen LogP contribution in [0, 0.1) is 0 Å². The quantitative estimate of drug-likeness (QED) is 0.777. The molecule has 0 spiro atoms. The number of rotatable bonds is 5. The molecule has 0 unspecified atom stereocenters. The molecule has 6 nitrogen and oxygen atoms in total. The molecule has 2 aliphatic heterocycles. The highest BCUT2D eigenvalue weighted by Crippen LogP contribution is 2.14. The van der Waals surface area contributed by atoms with Gasteiger partial charge < -0.3 is 14.0 Å². The predicted molar refractivity (Wildman–Crippen MR) is 80.3 cm³/mol. The van der Waals surface area contributed by atoms with E-state index in [2.05, 4.69) is 25.5 Å². The van der Waals surface area contributed by atoms with Crippen LogP contribution in [0.4, 0.5) is 0 Å². The Morgan fingerprint density at radius 2 is 2.00 bits per heavy atom. The van der Waals surface area contributed by atoms with Crippen molar-refractivity contribution >= 4 is 0 Å². The highest BCUT2D eigenvalue weighted by atomic mass is 16.5. The van der Waals surface area contributed by atoms with E-state index in [9.17, 15) is 0 Å². The lowest BCUT2D eigenvalue weighted by molar-refractivity contribution is 0.0331. The van der Waals surface area contributed by atoms with E-state index in [1.165, 1.54) is 11.5 Å². The van der Waals surface area contributed by atoms with Crippen LogP contribution < -0.4 is 0 Å². The first kappa shape index (κ1) is 15.0. The number of nitrogens with zero attached hydrogens (tertiary/aromatic N) is 4. The van der Waals surface area contributed by atoms with Gasteiger partial charge >= 0.3 is 0 Å². The van der Waals surface area contributed by atoms with Gasteiger partial charge in [0.2, 0.25) is 0 Å². The van der Waals surface area contributed by atoms with Crippen LogP contribution in [0.5, 0.6) is 0 Å². The molecule has 1 aromatic heterocycles. The molecule has 0 radical (unpaired) electrons. The standard InChI is InChI=1S/C15H26N4O2/c1-20-9-6-17-3-2-15-16-12-14(19(15)5-4-17)13-18-7-10-21-11-8-18/h12H,2-11,13H2,1H3. The average Bonchev–Trinajstić information content (AvgIpc) is 2.78. The number of methoxy groups -OCH3 is 1. The molecule has 0 aromatic carbocycles. The minimum atomic E-state index is 0.808. The summed E-state index contributed by atoms with van der Waals surface area (Å²) in [5, 5.41) is 0. The van der Waals surface area contributed by atoms with Crippen LogP contribution in [-0.4, -0.2) is 79.0 Å². The van der Waals surface area contributed by atoms with Crippen LogP contribution in [0.3, 0.4) is 0 Å². The second kappa shape index (κ2) is 7.35. The van der Waals surface area contributed by atoms with Crippen LogP contribution in [0.2, 0.25) is 0 Å². The zero-order chi connectivity index (χ0) is 14.5. The molecule has 1 saturated heterocycles. The van der Waals surface area contributed by atoms with Gasteiger partial charge in [-0.05, 0) is 0 Å². The summed E-state index contributed by atoms with van der Waals surface area (Å²) in [7, 11) is 1.77. The fraction of sp³-hybridized carbons (Fsp3) is 0.800. The molecule has 3 heterocycles. The zero-order valence-electron chi connectivity index (χ0n) is 13.0. The average molecular weight is 294 g/mol. The van der Waals surface area contributed by atoms with Gasteiger partial charge in [0, 0.05) is 65.5 Å². The monoisotopic (exact) mass is 294 g/mol. The second-order valence-electron chi connectivity index (χ2n) is 5.79. The fourth-order valence-electron chi connectivity index (χ4n) is 3.10. The van der Waals surface area contributed by atoms with E-state index in [1.807, 2.05) is 0 Å². The Hall–Kier alpha value is -0.950. The van der Waals surface area contributed by atoms with Gasteiger partial charge in [0.05, 0.1) is 25.5 Å². The van der Waals surface area contributed by atoms with E-state index in [4.69, 9.17) is 9.47 Å². The number of hydrogen-bond donors (Lipinski definition) is 0. The van der Waals surface area contributed by atoms with Crippen molar-refractivity contribution in [2.45, 2.75) is 19.5 Å². The Balaban J connectivity index is 1.60. The van der Waals surface area contributed by atoms with Gasteiger partial charge in [-0.2, -0.15) is 0 Å². The summed E-state index contributed by atoms with van der Waals surface area (Å²) in [4.78, 5) is 9.57. The molecule has 21 heavy (non-hydrogen) atoms. The number of hydrogen-bond acceptors (Lipinski definition) is 5. The molecular formula is C15H26N4O2. The van der Waals surface area contributed by atoms with E-state index in [0.29, 0.717) is 0 Å². The van der Waals surface area contributed by atoms with E-state index in [1.54, 1.807) is 7.11 Å². The summed E-state index contributed by atoms with van der Waals surface area (Å²) in [6, 6.07) is 0. The lowest BCUT2D eigenvalue weighted by Gasteiger charge is -2.27. The minimum Gasteiger partial charge on any atom is -0.383 e. The lowest BCUT2D eigenvalue weighted by Crippen LogP contribution is -2.36. The van der Waals surface area contributed by atoms with Crippen molar-refractivity contribution in [3.8, 4) is 0 Å². The molecule has 0 aliphatic carbocycles. The summed E-state index contributed by atoms with van der Waals surface area (Å²) in [5.41, 5.74) is 1.35. The Bertz CT molecular complexity index is 443. The zero-order valence-corrected chi connectivity index (χ0v) is 13.0. The summed E-state index contributed by atoms with van der Waals surface area (Å²) < 4.78 is 13.0. The van der Waals surface area contributed by atoms with Crippen LogP contribution in [0.15, 0.2) is 6.20 Å². The van der Waals surface area contributed by atoms with Gasteiger partial charge in [-0.25, -0.2) is 4.98 Å². The summed E-state index contributed by atoms with van der Waals surface area (Å²) >= 11 is 0. The Kier molecular flexibility index (Phi) is 5.24. The maximum absolute atomic E-state index is 5.42. The smallest absolute Gasteiger partial charge is 0.110 e. The second-order valence-corrected chi connectivity index (χ2v) is 5.79. The van der Waals surface area contributed by atoms with Gasteiger partial charge in [0.25, 0.3) is 0 Å². The topological polar surface area (TPSA) is 42.8 Å². The first-order chi connectivity index (χ1) is 10.4. The van der Waals surface area contributed by atoms with Crippen molar-refractivity contribution in [2.24, 2.45) is 0 Å². The Labute approximate surface area is 126 Å². The minimum absolute atomic E-state index is 0.808. The van der Waals surface area contributed by atoms with E-state index < -0.39 is 0 Å². The summed E-state index contributed by atoms with van der Waals surface area (Å²) in [6.45, 7) is 9.79. The number of imidazole rings is 1. The molecule has 1 aromatic rings. The van der Waals surface area contributed by atoms with Crippen LogP contribution in [-0.2, 0) is 29.0 Å². The molecule has 6 heteroatoms. The van der Waals surface area contributed by atoms with Gasteiger partial charge in [-0.3, -0.25) is 9.80 Å². The van der Waals surface area contributed by atoms with Gasteiger partial charge in [0.15, 0.2) is 0 Å². The van der Waals surface area contributed by atoms with E-state index >= 15 is 0 Å². The van der Waals surface area contributed by atoms with Crippen molar-refractivity contribution in [1.82, 2.24) is 19.4 Å². The molecule has 0 saturated carbocycles. The summed E-state index contributed by atoms with van der Waals surface area (Å²) in [6.07, 6.45) is 3.10. The van der Waals surface area contributed by atoms with E-state index in [-0.39, 0.29) is 0 Å². The predicted octanol–water partition coefficient (Wildman–Crippen LogP) is 0.220. The van der Waals surface area contributed by atoms with Crippen LogP contribution in [0.1, 0.15) is 11.5 Å². The van der Waals surface area contributed by atoms with Crippen molar-refractivity contribution in [1.29, 1.82) is 0 Å². The highest BCUT2D eigenvalue weighted by Gasteiger charge is 2.19. The number of fused-ring (bicyclic) bond motifs is 1. The lowest BCUT2D eigenvalue weighted by atomic mass is 10.3. The van der Waals surface area contributed by atoms with Gasteiger partial charge in [-0.1, -0.05) is 0 Å². The maximum atomic E-state index is 5.42. The number of morpholine rings is 1. The first-order valence-electron chi connectivity index (χ1n) is 7.91. The number of ether oxygens (including phenoxy) is 2. The molecule has 0 amide bonds. The highest BCUT2D eigenvalue weighted by molar-refractivity contribution is 5.07. The number of aromatic nitrogens is 2. The van der Waals surface area contributed by atoms with Crippen molar-refractivity contribution in [3.05, 3.63) is 17.7 Å². The van der Waals surface area contributed by atoms with Gasteiger partial charge in [0.1, 0.15) is 5.82 Å². The fourth-order valence-corrected chi connectivity index (χ4v) is 3.10. The summed E-state index contributed by atoms with van der Waals surface area (Å²) in [5.74, 6) is 1.23. The Morgan fingerprint density at radius 3 is 2.81 bits per heavy atom. The van der Waals surface area contributed by atoms with Crippen molar-refractivity contribution < 1.29 is 9.47 Å². The first-order valence-corrected chi connectivity index (χ1v) is 7.91. The molecule has 0 bridgehead atoms. The van der Waals surface area contributed by atoms with Crippen molar-refractivity contribution in [2.75, 3.05) is 59.7 Å². The van der Waals surface area contributed by atoms with Gasteiger partial charge in [-0.15, -0.1) is 0 Å².